The van der Waals surface area contributed by atoms with Crippen LogP contribution in [-0.2, 0) is 11.0 Å². The monoisotopic (exact) mass is 503 g/mol. The molecule has 174 valence electrons. The molecule has 1 N–H and O–H groups in total. The van der Waals surface area contributed by atoms with Gasteiger partial charge in [0.2, 0.25) is 5.91 Å². The second-order valence-corrected chi connectivity index (χ2v) is 8.59. The Bertz CT molecular complexity index is 1310. The predicted octanol–water partition coefficient (Wildman–Crippen LogP) is 6.04. The Hall–Kier alpha value is -3.37. The lowest BCUT2D eigenvalue weighted by Gasteiger charge is -2.12. The van der Waals surface area contributed by atoms with Gasteiger partial charge in [-0.15, -0.1) is 10.2 Å². The highest BCUT2D eigenvalue weighted by molar-refractivity contribution is 7.99. The molecular formula is C23H17ClF3N5OS. The summed E-state index contributed by atoms with van der Waals surface area (Å²) >= 11 is 6.75. The molecule has 2 aromatic heterocycles. The van der Waals surface area contributed by atoms with Crippen molar-refractivity contribution in [1.29, 1.82) is 0 Å². The van der Waals surface area contributed by atoms with Gasteiger partial charge in [0.25, 0.3) is 0 Å². The van der Waals surface area contributed by atoms with Crippen molar-refractivity contribution in [3.05, 3.63) is 83.1 Å². The van der Waals surface area contributed by atoms with Crippen LogP contribution in [0.15, 0.2) is 72.1 Å². The number of hydrogen-bond donors (Lipinski definition) is 1. The first-order valence-corrected chi connectivity index (χ1v) is 11.3. The number of pyridine rings is 1. The summed E-state index contributed by atoms with van der Waals surface area (Å²) < 4.78 is 41.1. The molecule has 4 rings (SSSR count). The summed E-state index contributed by atoms with van der Waals surface area (Å²) in [7, 11) is 0. The summed E-state index contributed by atoms with van der Waals surface area (Å²) in [6, 6.07) is 14.6. The number of rotatable bonds is 6. The summed E-state index contributed by atoms with van der Waals surface area (Å²) in [6.07, 6.45) is -1.34. The molecular weight excluding hydrogens is 487 g/mol. The van der Waals surface area contributed by atoms with Crippen LogP contribution in [0.25, 0.3) is 17.1 Å². The third kappa shape index (κ3) is 5.40. The summed E-state index contributed by atoms with van der Waals surface area (Å²) in [5, 5.41) is 11.0. The standard InChI is InChI=1S/C23H17ClF3N5OS/c1-14-2-5-17(6-3-14)32-21(15-8-10-28-11-9-15)30-31-22(32)34-13-20(33)29-16-4-7-19(24)18(12-16)23(25,26)27/h2-12H,13H2,1H3,(H,29,33). The second-order valence-electron chi connectivity index (χ2n) is 7.24. The van der Waals surface area contributed by atoms with E-state index in [0.29, 0.717) is 11.0 Å². The average molecular weight is 504 g/mol. The van der Waals surface area contributed by atoms with Gasteiger partial charge in [-0.3, -0.25) is 14.3 Å². The van der Waals surface area contributed by atoms with Gasteiger partial charge in [-0.25, -0.2) is 0 Å². The highest BCUT2D eigenvalue weighted by Gasteiger charge is 2.33. The predicted molar refractivity (Wildman–Crippen MR) is 125 cm³/mol. The molecule has 0 fully saturated rings. The van der Waals surface area contributed by atoms with Crippen molar-refractivity contribution >= 4 is 35.0 Å². The average Bonchev–Trinajstić information content (AvgIpc) is 3.23. The fraction of sp³-hybridized carbons (Fsp3) is 0.130. The van der Waals surface area contributed by atoms with Crippen LogP contribution < -0.4 is 5.32 Å². The molecule has 0 bridgehead atoms. The van der Waals surface area contributed by atoms with Crippen LogP contribution in [0.3, 0.4) is 0 Å². The van der Waals surface area contributed by atoms with Gasteiger partial charge < -0.3 is 5.32 Å². The van der Waals surface area contributed by atoms with E-state index in [4.69, 9.17) is 11.6 Å². The van der Waals surface area contributed by atoms with Gasteiger partial charge in [0.05, 0.1) is 16.3 Å². The van der Waals surface area contributed by atoms with Crippen LogP contribution in [0.2, 0.25) is 5.02 Å². The zero-order valence-electron chi connectivity index (χ0n) is 17.7. The van der Waals surface area contributed by atoms with E-state index in [-0.39, 0.29) is 11.4 Å². The highest BCUT2D eigenvalue weighted by Crippen LogP contribution is 2.36. The largest absolute Gasteiger partial charge is 0.417 e. The summed E-state index contributed by atoms with van der Waals surface area (Å²) in [6.45, 7) is 1.97. The van der Waals surface area contributed by atoms with Gasteiger partial charge in [0, 0.05) is 29.3 Å². The lowest BCUT2D eigenvalue weighted by molar-refractivity contribution is -0.137. The maximum atomic E-state index is 13.1. The van der Waals surface area contributed by atoms with Crippen molar-refractivity contribution in [3.63, 3.8) is 0 Å². The Morgan fingerprint density at radius 1 is 1.06 bits per heavy atom. The molecule has 0 aliphatic carbocycles. The number of aromatic nitrogens is 4. The summed E-state index contributed by atoms with van der Waals surface area (Å²) in [5.74, 6) is -0.0179. The molecule has 0 aliphatic heterocycles. The molecule has 6 nitrogen and oxygen atoms in total. The van der Waals surface area contributed by atoms with E-state index in [0.717, 1.165) is 40.7 Å². The summed E-state index contributed by atoms with van der Waals surface area (Å²) in [4.78, 5) is 16.5. The minimum atomic E-state index is -4.62. The molecule has 0 aliphatic rings. The molecule has 1 amide bonds. The van der Waals surface area contributed by atoms with E-state index >= 15 is 0 Å². The molecule has 2 heterocycles. The zero-order chi connectivity index (χ0) is 24.3. The number of halogens is 4. The van der Waals surface area contributed by atoms with Crippen molar-refractivity contribution in [2.45, 2.75) is 18.3 Å². The van der Waals surface area contributed by atoms with Crippen molar-refractivity contribution < 1.29 is 18.0 Å². The fourth-order valence-electron chi connectivity index (χ4n) is 3.13. The smallest absolute Gasteiger partial charge is 0.325 e. The summed E-state index contributed by atoms with van der Waals surface area (Å²) in [5.41, 5.74) is 1.66. The normalized spacial score (nSPS) is 11.4. The quantitative estimate of drug-likeness (QED) is 0.325. The van der Waals surface area contributed by atoms with E-state index < -0.39 is 22.7 Å². The Kier molecular flexibility index (Phi) is 6.90. The van der Waals surface area contributed by atoms with Crippen molar-refractivity contribution in [3.8, 4) is 17.1 Å². The van der Waals surface area contributed by atoms with Gasteiger partial charge >= 0.3 is 6.18 Å². The van der Waals surface area contributed by atoms with Gasteiger partial charge in [-0.05, 0) is 49.4 Å². The molecule has 0 unspecified atom stereocenters. The minimum absolute atomic E-state index is 0.000184. The van der Waals surface area contributed by atoms with E-state index in [1.165, 1.54) is 6.07 Å². The number of anilines is 1. The lowest BCUT2D eigenvalue weighted by Crippen LogP contribution is -2.15. The fourth-order valence-corrected chi connectivity index (χ4v) is 4.10. The van der Waals surface area contributed by atoms with Crippen molar-refractivity contribution in [2.24, 2.45) is 0 Å². The van der Waals surface area contributed by atoms with Crippen LogP contribution in [-0.4, -0.2) is 31.4 Å². The number of carbonyl (C=O) groups is 1. The highest BCUT2D eigenvalue weighted by atomic mass is 35.5. The third-order valence-corrected chi connectivity index (χ3v) is 6.01. The number of carbonyl (C=O) groups excluding carboxylic acids is 1. The molecule has 0 saturated heterocycles. The van der Waals surface area contributed by atoms with Gasteiger partial charge in [0.1, 0.15) is 0 Å². The molecule has 4 aromatic rings. The van der Waals surface area contributed by atoms with Gasteiger partial charge in [-0.2, -0.15) is 13.2 Å². The minimum Gasteiger partial charge on any atom is -0.325 e. The van der Waals surface area contributed by atoms with Crippen molar-refractivity contribution in [2.75, 3.05) is 11.1 Å². The van der Waals surface area contributed by atoms with Gasteiger partial charge in [0.15, 0.2) is 11.0 Å². The maximum Gasteiger partial charge on any atom is 0.417 e. The number of nitrogens with one attached hydrogen (secondary N) is 1. The Morgan fingerprint density at radius 3 is 2.44 bits per heavy atom. The third-order valence-electron chi connectivity index (χ3n) is 4.75. The SMILES string of the molecule is Cc1ccc(-n2c(SCC(=O)Nc3ccc(Cl)c(C(F)(F)F)c3)nnc2-c2ccncc2)cc1. The van der Waals surface area contributed by atoms with Gasteiger partial charge in [-0.1, -0.05) is 41.1 Å². The lowest BCUT2D eigenvalue weighted by atomic mass is 10.2. The molecule has 0 spiro atoms. The Labute approximate surface area is 202 Å². The van der Waals surface area contributed by atoms with E-state index in [1.54, 1.807) is 24.5 Å². The molecule has 2 aromatic carbocycles. The second kappa shape index (κ2) is 9.86. The molecule has 34 heavy (non-hydrogen) atoms. The van der Waals surface area contributed by atoms with Crippen LogP contribution in [0.1, 0.15) is 11.1 Å². The number of thioether (sulfide) groups is 1. The first-order chi connectivity index (χ1) is 16.2. The first kappa shape index (κ1) is 23.8. The van der Waals surface area contributed by atoms with Crippen LogP contribution in [0, 0.1) is 6.92 Å². The maximum absolute atomic E-state index is 13.1. The molecule has 0 radical (unpaired) electrons. The van der Waals surface area contributed by atoms with Crippen LogP contribution >= 0.6 is 23.4 Å². The number of amides is 1. The van der Waals surface area contributed by atoms with Crippen molar-refractivity contribution in [1.82, 2.24) is 19.7 Å². The van der Waals surface area contributed by atoms with E-state index in [1.807, 2.05) is 35.8 Å². The molecule has 11 heteroatoms. The molecule has 0 saturated carbocycles. The number of nitrogens with zero attached hydrogens (tertiary/aromatic N) is 4. The number of aryl methyl sites for hydroxylation is 1. The topological polar surface area (TPSA) is 72.7 Å². The number of hydrogen-bond acceptors (Lipinski definition) is 5. The van der Waals surface area contributed by atoms with E-state index in [2.05, 4.69) is 20.5 Å². The number of alkyl halides is 3. The Morgan fingerprint density at radius 2 is 1.76 bits per heavy atom. The van der Waals surface area contributed by atoms with Crippen LogP contribution in [0.5, 0.6) is 0 Å². The van der Waals surface area contributed by atoms with E-state index in [9.17, 15) is 18.0 Å². The number of benzene rings is 2. The zero-order valence-corrected chi connectivity index (χ0v) is 19.2. The van der Waals surface area contributed by atoms with Crippen LogP contribution in [0.4, 0.5) is 18.9 Å². The molecule has 0 atom stereocenters. The Balaban J connectivity index is 1.56. The first-order valence-electron chi connectivity index (χ1n) is 9.94.